The van der Waals surface area contributed by atoms with E-state index in [1.54, 1.807) is 18.9 Å². The lowest BCUT2D eigenvalue weighted by atomic mass is 10.1. The monoisotopic (exact) mass is 346 g/mol. The normalized spacial score (nSPS) is 10.1. The Morgan fingerprint density at radius 2 is 1.95 bits per heavy atom. The van der Waals surface area contributed by atoms with Gasteiger partial charge in [-0.1, -0.05) is 6.07 Å². The van der Waals surface area contributed by atoms with E-state index in [-0.39, 0.29) is 18.3 Å². The SMILES string of the molecule is COCCNCCNC(=O)CCSc1ccc(C)c(C)c1.Cl. The predicted molar refractivity (Wildman–Crippen MR) is 96.3 cm³/mol. The number of methoxy groups -OCH3 is 1. The highest BCUT2D eigenvalue weighted by molar-refractivity contribution is 7.99. The first-order chi connectivity index (χ1) is 10.1. The van der Waals surface area contributed by atoms with E-state index in [9.17, 15) is 4.79 Å². The summed E-state index contributed by atoms with van der Waals surface area (Å²) < 4.78 is 4.93. The van der Waals surface area contributed by atoms with Crippen molar-refractivity contribution in [3.05, 3.63) is 29.3 Å². The lowest BCUT2D eigenvalue weighted by molar-refractivity contribution is -0.120. The van der Waals surface area contributed by atoms with Crippen LogP contribution in [0.2, 0.25) is 0 Å². The third kappa shape index (κ3) is 9.30. The van der Waals surface area contributed by atoms with E-state index in [0.717, 1.165) is 18.8 Å². The number of aryl methyl sites for hydroxylation is 2. The molecule has 0 aliphatic heterocycles. The second-order valence-corrected chi connectivity index (χ2v) is 6.11. The molecule has 0 radical (unpaired) electrons. The first-order valence-electron chi connectivity index (χ1n) is 7.30. The Bertz CT molecular complexity index is 444. The number of thioether (sulfide) groups is 1. The summed E-state index contributed by atoms with van der Waals surface area (Å²) in [7, 11) is 1.68. The number of hydrogen-bond donors (Lipinski definition) is 2. The van der Waals surface area contributed by atoms with E-state index in [4.69, 9.17) is 4.74 Å². The molecule has 0 saturated heterocycles. The number of benzene rings is 1. The van der Waals surface area contributed by atoms with Crippen molar-refractivity contribution >= 4 is 30.1 Å². The summed E-state index contributed by atoms with van der Waals surface area (Å²) in [5.74, 6) is 0.922. The fraction of sp³-hybridized carbons (Fsp3) is 0.562. The molecule has 2 N–H and O–H groups in total. The van der Waals surface area contributed by atoms with Crippen molar-refractivity contribution in [1.29, 1.82) is 0 Å². The van der Waals surface area contributed by atoms with Gasteiger partial charge in [0.05, 0.1) is 6.61 Å². The molecule has 0 atom stereocenters. The van der Waals surface area contributed by atoms with Gasteiger partial charge in [0.1, 0.15) is 0 Å². The van der Waals surface area contributed by atoms with Gasteiger partial charge in [-0.05, 0) is 37.1 Å². The molecular formula is C16H27ClN2O2S. The summed E-state index contributed by atoms with van der Waals surface area (Å²) in [5, 5.41) is 6.10. The standard InChI is InChI=1S/C16H26N2O2S.ClH/c1-13-4-5-15(12-14(13)2)21-11-6-16(19)18-8-7-17-9-10-20-3;/h4-5,12,17H,6-11H2,1-3H3,(H,18,19);1H. The van der Waals surface area contributed by atoms with Crippen LogP contribution in [0.25, 0.3) is 0 Å². The van der Waals surface area contributed by atoms with Crippen molar-refractivity contribution in [3.8, 4) is 0 Å². The second kappa shape index (κ2) is 12.8. The van der Waals surface area contributed by atoms with Gasteiger partial charge in [0.2, 0.25) is 5.91 Å². The van der Waals surface area contributed by atoms with Gasteiger partial charge in [0, 0.05) is 43.8 Å². The second-order valence-electron chi connectivity index (χ2n) is 4.94. The summed E-state index contributed by atoms with van der Waals surface area (Å²) >= 11 is 1.73. The van der Waals surface area contributed by atoms with Crippen molar-refractivity contribution in [2.45, 2.75) is 25.2 Å². The molecule has 0 aliphatic carbocycles. The van der Waals surface area contributed by atoms with Gasteiger partial charge in [-0.3, -0.25) is 4.79 Å². The molecule has 4 nitrogen and oxygen atoms in total. The van der Waals surface area contributed by atoms with Crippen LogP contribution in [-0.2, 0) is 9.53 Å². The number of carbonyl (C=O) groups is 1. The van der Waals surface area contributed by atoms with Crippen molar-refractivity contribution in [2.75, 3.05) is 39.1 Å². The van der Waals surface area contributed by atoms with Crippen LogP contribution in [0.5, 0.6) is 0 Å². The van der Waals surface area contributed by atoms with Gasteiger partial charge in [-0.25, -0.2) is 0 Å². The average Bonchev–Trinajstić information content (AvgIpc) is 2.46. The van der Waals surface area contributed by atoms with Gasteiger partial charge in [-0.2, -0.15) is 0 Å². The molecule has 1 aromatic rings. The molecule has 0 unspecified atom stereocenters. The molecule has 1 aromatic carbocycles. The van der Waals surface area contributed by atoms with Crippen LogP contribution < -0.4 is 10.6 Å². The quantitative estimate of drug-likeness (QED) is 0.505. The van der Waals surface area contributed by atoms with Gasteiger partial charge < -0.3 is 15.4 Å². The maximum atomic E-state index is 11.7. The summed E-state index contributed by atoms with van der Waals surface area (Å²) in [4.78, 5) is 12.9. The molecule has 0 aromatic heterocycles. The van der Waals surface area contributed by atoms with Crippen LogP contribution >= 0.6 is 24.2 Å². The number of ether oxygens (including phenoxy) is 1. The van der Waals surface area contributed by atoms with Crippen LogP contribution in [0.15, 0.2) is 23.1 Å². The number of carbonyl (C=O) groups excluding carboxylic acids is 1. The number of rotatable bonds is 10. The Balaban J connectivity index is 0.00000441. The Hall–Kier alpha value is -0.750. The Labute approximate surface area is 144 Å². The van der Waals surface area contributed by atoms with Crippen molar-refractivity contribution in [2.24, 2.45) is 0 Å². The summed E-state index contributed by atoms with van der Waals surface area (Å²) in [6.45, 7) is 7.17. The molecule has 6 heteroatoms. The third-order valence-electron chi connectivity index (χ3n) is 3.18. The van der Waals surface area contributed by atoms with E-state index >= 15 is 0 Å². The average molecular weight is 347 g/mol. The van der Waals surface area contributed by atoms with E-state index in [0.29, 0.717) is 19.6 Å². The Morgan fingerprint density at radius 1 is 1.18 bits per heavy atom. The van der Waals surface area contributed by atoms with Crippen molar-refractivity contribution in [3.63, 3.8) is 0 Å². The maximum Gasteiger partial charge on any atom is 0.220 e. The molecule has 1 rings (SSSR count). The number of amides is 1. The maximum absolute atomic E-state index is 11.7. The zero-order valence-corrected chi connectivity index (χ0v) is 15.2. The molecule has 22 heavy (non-hydrogen) atoms. The lowest BCUT2D eigenvalue weighted by Gasteiger charge is -2.07. The molecule has 1 amide bonds. The molecule has 0 spiro atoms. The number of nitrogens with one attached hydrogen (secondary N) is 2. The molecule has 0 saturated carbocycles. The Kier molecular flexibility index (Phi) is 12.3. The molecule has 126 valence electrons. The minimum atomic E-state index is 0. The first-order valence-corrected chi connectivity index (χ1v) is 8.28. The molecule has 0 bridgehead atoms. The van der Waals surface area contributed by atoms with E-state index in [1.165, 1.54) is 16.0 Å². The van der Waals surface area contributed by atoms with Crippen LogP contribution in [0.4, 0.5) is 0 Å². The summed E-state index contributed by atoms with van der Waals surface area (Å²) in [6, 6.07) is 6.42. The smallest absolute Gasteiger partial charge is 0.220 e. The number of halogens is 1. The largest absolute Gasteiger partial charge is 0.383 e. The van der Waals surface area contributed by atoms with Gasteiger partial charge in [0.15, 0.2) is 0 Å². The first kappa shape index (κ1) is 21.2. The van der Waals surface area contributed by atoms with Crippen LogP contribution in [0.3, 0.4) is 0 Å². The zero-order chi connectivity index (χ0) is 15.5. The van der Waals surface area contributed by atoms with E-state index in [2.05, 4.69) is 42.7 Å². The van der Waals surface area contributed by atoms with E-state index in [1.807, 2.05) is 0 Å². The van der Waals surface area contributed by atoms with Gasteiger partial charge in [-0.15, -0.1) is 24.2 Å². The highest BCUT2D eigenvalue weighted by Gasteiger charge is 2.02. The summed E-state index contributed by atoms with van der Waals surface area (Å²) in [5.41, 5.74) is 2.60. The zero-order valence-electron chi connectivity index (χ0n) is 13.6. The molecule has 0 fully saturated rings. The van der Waals surface area contributed by atoms with Crippen LogP contribution in [0.1, 0.15) is 17.5 Å². The van der Waals surface area contributed by atoms with Crippen LogP contribution in [0, 0.1) is 13.8 Å². The molecular weight excluding hydrogens is 320 g/mol. The van der Waals surface area contributed by atoms with E-state index < -0.39 is 0 Å². The van der Waals surface area contributed by atoms with Gasteiger partial charge >= 0.3 is 0 Å². The number of hydrogen-bond acceptors (Lipinski definition) is 4. The van der Waals surface area contributed by atoms with Crippen molar-refractivity contribution < 1.29 is 9.53 Å². The fourth-order valence-electron chi connectivity index (χ4n) is 1.74. The van der Waals surface area contributed by atoms with Crippen LogP contribution in [-0.4, -0.2) is 45.0 Å². The minimum Gasteiger partial charge on any atom is -0.383 e. The molecule has 0 aliphatic rings. The third-order valence-corrected chi connectivity index (χ3v) is 4.18. The minimum absolute atomic E-state index is 0. The lowest BCUT2D eigenvalue weighted by Crippen LogP contribution is -2.33. The highest BCUT2D eigenvalue weighted by Crippen LogP contribution is 2.21. The fourth-order valence-corrected chi connectivity index (χ4v) is 2.69. The van der Waals surface area contributed by atoms with Crippen molar-refractivity contribution in [1.82, 2.24) is 10.6 Å². The predicted octanol–water partition coefficient (Wildman–Crippen LogP) is 2.56. The molecule has 0 heterocycles. The van der Waals surface area contributed by atoms with Gasteiger partial charge in [0.25, 0.3) is 0 Å². The topological polar surface area (TPSA) is 50.4 Å². The Morgan fingerprint density at radius 3 is 2.64 bits per heavy atom. The highest BCUT2D eigenvalue weighted by atomic mass is 35.5. The summed E-state index contributed by atoms with van der Waals surface area (Å²) in [6.07, 6.45) is 0.551.